The molecule has 1 aliphatic carbocycles. The number of aromatic nitrogens is 1. The van der Waals surface area contributed by atoms with Crippen molar-refractivity contribution in [3.05, 3.63) is 24.3 Å². The molecule has 3 nitrogen and oxygen atoms in total. The van der Waals surface area contributed by atoms with Crippen LogP contribution in [0.1, 0.15) is 33.1 Å². The number of nitrogens with zero attached hydrogens (tertiary/aromatic N) is 1. The summed E-state index contributed by atoms with van der Waals surface area (Å²) in [6, 6.07) is 8.47. The fourth-order valence-corrected chi connectivity index (χ4v) is 4.79. The molecule has 0 aliphatic heterocycles. The van der Waals surface area contributed by atoms with E-state index in [0.717, 1.165) is 16.3 Å². The highest BCUT2D eigenvalue weighted by Gasteiger charge is 2.39. The van der Waals surface area contributed by atoms with Gasteiger partial charge in [0, 0.05) is 11.3 Å². The van der Waals surface area contributed by atoms with Crippen molar-refractivity contribution in [3.8, 4) is 0 Å². The van der Waals surface area contributed by atoms with Crippen molar-refractivity contribution < 1.29 is 4.42 Å². The molecule has 0 radical (unpaired) electrons. The average molecular weight is 290 g/mol. The van der Waals surface area contributed by atoms with Crippen LogP contribution in [-0.2, 0) is 0 Å². The maximum atomic E-state index is 5.86. The lowest BCUT2D eigenvalue weighted by atomic mass is 9.73. The lowest BCUT2D eigenvalue weighted by Crippen LogP contribution is -2.49. The lowest BCUT2D eigenvalue weighted by Gasteiger charge is -2.43. The van der Waals surface area contributed by atoms with Gasteiger partial charge in [-0.15, -0.1) is 0 Å². The van der Waals surface area contributed by atoms with Gasteiger partial charge in [0.15, 0.2) is 5.58 Å². The summed E-state index contributed by atoms with van der Waals surface area (Å²) in [4.78, 5) is 4.59. The van der Waals surface area contributed by atoms with Gasteiger partial charge < -0.3 is 9.73 Å². The highest BCUT2D eigenvalue weighted by atomic mass is 32.2. The molecule has 2 aromatic rings. The molecule has 1 aliphatic rings. The molecular weight excluding hydrogens is 268 g/mol. The van der Waals surface area contributed by atoms with Gasteiger partial charge in [-0.1, -0.05) is 44.2 Å². The average Bonchev–Trinajstić information content (AvgIpc) is 2.80. The van der Waals surface area contributed by atoms with Crippen molar-refractivity contribution in [2.75, 3.05) is 7.05 Å². The Balaban J connectivity index is 1.82. The van der Waals surface area contributed by atoms with Crippen LogP contribution in [0.3, 0.4) is 0 Å². The molecule has 1 aromatic carbocycles. The number of hydrogen-bond acceptors (Lipinski definition) is 4. The van der Waals surface area contributed by atoms with Crippen LogP contribution < -0.4 is 5.32 Å². The number of para-hydroxylation sites is 2. The number of benzene rings is 1. The van der Waals surface area contributed by atoms with Crippen LogP contribution in [0, 0.1) is 5.41 Å². The van der Waals surface area contributed by atoms with E-state index in [1.54, 1.807) is 11.8 Å². The van der Waals surface area contributed by atoms with Gasteiger partial charge in [0.2, 0.25) is 0 Å². The van der Waals surface area contributed by atoms with Crippen molar-refractivity contribution in [1.29, 1.82) is 0 Å². The summed E-state index contributed by atoms with van der Waals surface area (Å²) in [6.07, 6.45) is 3.78. The standard InChI is InChI=1S/C16H22N2OS/c1-16(2)10-6-9-13(14(16)17-3)20-15-18-11-7-4-5-8-12(11)19-15/h4-5,7-8,13-14,17H,6,9-10H2,1-3H3. The molecule has 108 valence electrons. The zero-order valence-corrected chi connectivity index (χ0v) is 13.2. The van der Waals surface area contributed by atoms with Crippen LogP contribution in [0.15, 0.2) is 33.9 Å². The molecule has 0 bridgehead atoms. The van der Waals surface area contributed by atoms with Crippen molar-refractivity contribution in [2.45, 2.75) is 49.6 Å². The molecule has 2 unspecified atom stereocenters. The topological polar surface area (TPSA) is 38.1 Å². The summed E-state index contributed by atoms with van der Waals surface area (Å²) < 4.78 is 5.86. The molecule has 1 N–H and O–H groups in total. The Morgan fingerprint density at radius 2 is 2.15 bits per heavy atom. The summed E-state index contributed by atoms with van der Waals surface area (Å²) >= 11 is 1.78. The second-order valence-electron chi connectivity index (χ2n) is 6.25. The Kier molecular flexibility index (Phi) is 3.78. The Hall–Kier alpha value is -1.00. The SMILES string of the molecule is CNC1C(Sc2nc3ccccc3o2)CCCC1(C)C. The van der Waals surface area contributed by atoms with Gasteiger partial charge in [-0.25, -0.2) is 4.98 Å². The quantitative estimate of drug-likeness (QED) is 0.924. The Labute approximate surface area is 124 Å². The van der Waals surface area contributed by atoms with E-state index in [1.165, 1.54) is 19.3 Å². The largest absolute Gasteiger partial charge is 0.431 e. The highest BCUT2D eigenvalue weighted by molar-refractivity contribution is 7.99. The summed E-state index contributed by atoms with van der Waals surface area (Å²) in [7, 11) is 2.07. The van der Waals surface area contributed by atoms with Crippen LogP contribution >= 0.6 is 11.8 Å². The maximum Gasteiger partial charge on any atom is 0.257 e. The van der Waals surface area contributed by atoms with Gasteiger partial charge in [0.05, 0.1) is 0 Å². The van der Waals surface area contributed by atoms with E-state index in [-0.39, 0.29) is 0 Å². The minimum atomic E-state index is 0.330. The number of fused-ring (bicyclic) bond motifs is 1. The summed E-state index contributed by atoms with van der Waals surface area (Å²) in [5.41, 5.74) is 2.16. The van der Waals surface area contributed by atoms with E-state index in [9.17, 15) is 0 Å². The molecule has 1 heterocycles. The van der Waals surface area contributed by atoms with Crippen LogP contribution in [0.4, 0.5) is 0 Å². The van der Waals surface area contributed by atoms with Crippen molar-refractivity contribution >= 4 is 22.9 Å². The monoisotopic (exact) mass is 290 g/mol. The predicted octanol–water partition coefficient (Wildman–Crippen LogP) is 4.09. The molecule has 1 aromatic heterocycles. The van der Waals surface area contributed by atoms with Gasteiger partial charge in [0.1, 0.15) is 5.52 Å². The maximum absolute atomic E-state index is 5.86. The second kappa shape index (κ2) is 5.41. The fourth-order valence-electron chi connectivity index (χ4n) is 3.32. The number of oxazole rings is 1. The third-order valence-corrected chi connectivity index (χ3v) is 5.55. The van der Waals surface area contributed by atoms with Gasteiger partial charge in [-0.05, 0) is 37.4 Å². The number of rotatable bonds is 3. The first-order valence-electron chi connectivity index (χ1n) is 7.30. The van der Waals surface area contributed by atoms with E-state index < -0.39 is 0 Å². The third-order valence-electron chi connectivity index (χ3n) is 4.36. The van der Waals surface area contributed by atoms with Crippen LogP contribution in [0.2, 0.25) is 0 Å². The van der Waals surface area contributed by atoms with Crippen molar-refractivity contribution in [1.82, 2.24) is 10.3 Å². The minimum Gasteiger partial charge on any atom is -0.431 e. The third kappa shape index (κ3) is 2.59. The van der Waals surface area contributed by atoms with E-state index in [0.29, 0.717) is 16.7 Å². The first kappa shape index (κ1) is 14.0. The molecule has 3 rings (SSSR count). The molecule has 1 saturated carbocycles. The zero-order valence-electron chi connectivity index (χ0n) is 12.3. The summed E-state index contributed by atoms with van der Waals surface area (Å²) in [5.74, 6) is 0. The van der Waals surface area contributed by atoms with E-state index in [1.807, 2.05) is 24.3 Å². The fraction of sp³-hybridized carbons (Fsp3) is 0.562. The molecule has 0 amide bonds. The van der Waals surface area contributed by atoms with E-state index in [2.05, 4.69) is 31.2 Å². The highest BCUT2D eigenvalue weighted by Crippen LogP contribution is 2.42. The predicted molar refractivity (Wildman–Crippen MR) is 84.1 cm³/mol. The Morgan fingerprint density at radius 3 is 2.90 bits per heavy atom. The Bertz CT molecular complexity index is 560. The first-order chi connectivity index (χ1) is 9.60. The molecular formula is C16H22N2OS. The Morgan fingerprint density at radius 1 is 1.35 bits per heavy atom. The van der Waals surface area contributed by atoms with Crippen molar-refractivity contribution in [3.63, 3.8) is 0 Å². The molecule has 0 spiro atoms. The smallest absolute Gasteiger partial charge is 0.257 e. The van der Waals surface area contributed by atoms with Gasteiger partial charge >= 0.3 is 0 Å². The second-order valence-corrected chi connectivity index (χ2v) is 7.44. The molecule has 20 heavy (non-hydrogen) atoms. The molecule has 4 heteroatoms. The zero-order chi connectivity index (χ0) is 14.2. The molecule has 0 saturated heterocycles. The van der Waals surface area contributed by atoms with Crippen LogP contribution in [-0.4, -0.2) is 23.3 Å². The summed E-state index contributed by atoms with van der Waals surface area (Å²) in [6.45, 7) is 4.71. The number of nitrogens with one attached hydrogen (secondary N) is 1. The van der Waals surface area contributed by atoms with Gasteiger partial charge in [0.25, 0.3) is 5.22 Å². The molecule has 1 fully saturated rings. The van der Waals surface area contributed by atoms with E-state index >= 15 is 0 Å². The van der Waals surface area contributed by atoms with Crippen LogP contribution in [0.5, 0.6) is 0 Å². The van der Waals surface area contributed by atoms with Gasteiger partial charge in [-0.3, -0.25) is 0 Å². The molecule has 2 atom stereocenters. The van der Waals surface area contributed by atoms with Crippen molar-refractivity contribution in [2.24, 2.45) is 5.41 Å². The van der Waals surface area contributed by atoms with Crippen LogP contribution in [0.25, 0.3) is 11.1 Å². The normalized spacial score (nSPS) is 25.9. The first-order valence-corrected chi connectivity index (χ1v) is 8.17. The number of thioether (sulfide) groups is 1. The lowest BCUT2D eigenvalue weighted by molar-refractivity contribution is 0.182. The number of hydrogen-bond donors (Lipinski definition) is 1. The van der Waals surface area contributed by atoms with E-state index in [4.69, 9.17) is 4.42 Å². The minimum absolute atomic E-state index is 0.330. The summed E-state index contributed by atoms with van der Waals surface area (Å²) in [5, 5.41) is 4.83. The van der Waals surface area contributed by atoms with Gasteiger partial charge in [-0.2, -0.15) is 0 Å².